The van der Waals surface area contributed by atoms with E-state index in [4.69, 9.17) is 0 Å². The van der Waals surface area contributed by atoms with E-state index in [9.17, 15) is 9.18 Å². The van der Waals surface area contributed by atoms with Crippen molar-refractivity contribution in [1.82, 2.24) is 5.32 Å². The fourth-order valence-electron chi connectivity index (χ4n) is 2.02. The van der Waals surface area contributed by atoms with Crippen LogP contribution in [-0.2, 0) is 4.74 Å². The maximum absolute atomic E-state index is 13.3. The Kier molecular flexibility index (Phi) is 3.19. The molecule has 1 atom stereocenters. The number of esters is 1. The van der Waals surface area contributed by atoms with Gasteiger partial charge in [0.1, 0.15) is 5.82 Å². The minimum atomic E-state index is -0.501. The average Bonchev–Trinajstić information content (AvgIpc) is 2.80. The first kappa shape index (κ1) is 11.1. The number of rotatable bonds is 2. The molecule has 1 saturated heterocycles. The molecule has 1 unspecified atom stereocenters. The largest absolute Gasteiger partial charge is 0.465 e. The van der Waals surface area contributed by atoms with E-state index in [0.29, 0.717) is 0 Å². The number of nitrogens with one attached hydrogen (secondary N) is 1. The van der Waals surface area contributed by atoms with E-state index >= 15 is 0 Å². The maximum atomic E-state index is 13.3. The van der Waals surface area contributed by atoms with E-state index in [2.05, 4.69) is 10.1 Å². The first-order chi connectivity index (χ1) is 7.70. The highest BCUT2D eigenvalue weighted by Crippen LogP contribution is 2.24. The van der Waals surface area contributed by atoms with Gasteiger partial charge in [-0.15, -0.1) is 0 Å². The third-order valence-electron chi connectivity index (χ3n) is 2.80. The standard InChI is InChI=1S/C12H14FNO2/c1-16-12(15)9-5-8(6-10(13)7-9)11-3-2-4-14-11/h5-7,11,14H,2-4H2,1H3. The van der Waals surface area contributed by atoms with Crippen LogP contribution < -0.4 is 5.32 Å². The van der Waals surface area contributed by atoms with E-state index in [1.165, 1.54) is 19.2 Å². The van der Waals surface area contributed by atoms with Gasteiger partial charge >= 0.3 is 5.97 Å². The lowest BCUT2D eigenvalue weighted by Crippen LogP contribution is -2.14. The number of hydrogen-bond donors (Lipinski definition) is 1. The third kappa shape index (κ3) is 2.22. The van der Waals surface area contributed by atoms with E-state index in [1.807, 2.05) is 0 Å². The van der Waals surface area contributed by atoms with Crippen LogP contribution in [0.3, 0.4) is 0 Å². The highest BCUT2D eigenvalue weighted by Gasteiger charge is 2.18. The van der Waals surface area contributed by atoms with Crippen molar-refractivity contribution in [3.8, 4) is 0 Å². The molecule has 1 fully saturated rings. The lowest BCUT2D eigenvalue weighted by Gasteiger charge is -2.11. The fraction of sp³-hybridized carbons (Fsp3) is 0.417. The molecule has 1 N–H and O–H groups in total. The molecule has 1 aromatic rings. The van der Waals surface area contributed by atoms with Crippen LogP contribution in [-0.4, -0.2) is 19.6 Å². The number of hydrogen-bond acceptors (Lipinski definition) is 3. The zero-order valence-corrected chi connectivity index (χ0v) is 9.13. The van der Waals surface area contributed by atoms with Crippen molar-refractivity contribution in [2.75, 3.05) is 13.7 Å². The molecule has 4 heteroatoms. The number of ether oxygens (including phenoxy) is 1. The molecular formula is C12H14FNO2. The molecular weight excluding hydrogens is 209 g/mol. The minimum absolute atomic E-state index is 0.152. The van der Waals surface area contributed by atoms with Gasteiger partial charge in [-0.05, 0) is 43.1 Å². The summed E-state index contributed by atoms with van der Waals surface area (Å²) in [5, 5.41) is 3.27. The first-order valence-corrected chi connectivity index (χ1v) is 5.33. The van der Waals surface area contributed by atoms with Crippen LogP contribution in [0, 0.1) is 5.82 Å². The van der Waals surface area contributed by atoms with E-state index < -0.39 is 11.8 Å². The van der Waals surface area contributed by atoms with Crippen molar-refractivity contribution in [3.05, 3.63) is 35.1 Å². The van der Waals surface area contributed by atoms with Crippen LogP contribution in [0.1, 0.15) is 34.8 Å². The van der Waals surface area contributed by atoms with Crippen molar-refractivity contribution in [1.29, 1.82) is 0 Å². The second-order valence-corrected chi connectivity index (χ2v) is 3.91. The highest BCUT2D eigenvalue weighted by atomic mass is 19.1. The minimum Gasteiger partial charge on any atom is -0.465 e. The number of carbonyl (C=O) groups excluding carboxylic acids is 1. The van der Waals surface area contributed by atoms with Gasteiger partial charge < -0.3 is 10.1 Å². The van der Waals surface area contributed by atoms with Crippen LogP contribution in [0.25, 0.3) is 0 Å². The van der Waals surface area contributed by atoms with Gasteiger partial charge in [0.05, 0.1) is 12.7 Å². The molecule has 0 aliphatic carbocycles. The van der Waals surface area contributed by atoms with E-state index in [-0.39, 0.29) is 11.6 Å². The molecule has 1 aromatic carbocycles. The summed E-state index contributed by atoms with van der Waals surface area (Å²) in [6.07, 6.45) is 2.05. The number of carbonyl (C=O) groups is 1. The number of benzene rings is 1. The smallest absolute Gasteiger partial charge is 0.337 e. The summed E-state index contributed by atoms with van der Waals surface area (Å²) >= 11 is 0. The number of halogens is 1. The van der Waals surface area contributed by atoms with Crippen molar-refractivity contribution < 1.29 is 13.9 Å². The van der Waals surface area contributed by atoms with Gasteiger partial charge in [-0.2, -0.15) is 0 Å². The molecule has 1 aliphatic heterocycles. The molecule has 16 heavy (non-hydrogen) atoms. The van der Waals surface area contributed by atoms with Crippen LogP contribution >= 0.6 is 0 Å². The Balaban J connectivity index is 2.31. The van der Waals surface area contributed by atoms with Gasteiger partial charge in [0, 0.05) is 6.04 Å². The Labute approximate surface area is 93.6 Å². The average molecular weight is 223 g/mol. The van der Waals surface area contributed by atoms with Crippen LogP contribution in [0.15, 0.2) is 18.2 Å². The Bertz CT molecular complexity index is 400. The molecule has 0 radical (unpaired) electrons. The molecule has 1 aliphatic rings. The quantitative estimate of drug-likeness (QED) is 0.780. The lowest BCUT2D eigenvalue weighted by atomic mass is 10.0. The predicted octanol–water partition coefficient (Wildman–Crippen LogP) is 2.04. The van der Waals surface area contributed by atoms with Crippen molar-refractivity contribution >= 4 is 5.97 Å². The summed E-state index contributed by atoms with van der Waals surface area (Å²) in [5.41, 5.74) is 1.09. The molecule has 0 aromatic heterocycles. The summed E-state index contributed by atoms with van der Waals surface area (Å²) in [6, 6.07) is 4.51. The zero-order valence-electron chi connectivity index (χ0n) is 9.13. The van der Waals surface area contributed by atoms with Crippen molar-refractivity contribution in [3.63, 3.8) is 0 Å². The normalized spacial score (nSPS) is 19.8. The Morgan fingerprint density at radius 3 is 2.94 bits per heavy atom. The second kappa shape index (κ2) is 4.61. The van der Waals surface area contributed by atoms with Crippen molar-refractivity contribution in [2.24, 2.45) is 0 Å². The summed E-state index contributed by atoms with van der Waals surface area (Å²) in [6.45, 7) is 0.939. The summed E-state index contributed by atoms with van der Waals surface area (Å²) in [4.78, 5) is 11.3. The molecule has 2 rings (SSSR count). The predicted molar refractivity (Wildman–Crippen MR) is 57.7 cm³/mol. The second-order valence-electron chi connectivity index (χ2n) is 3.91. The van der Waals surface area contributed by atoms with Crippen LogP contribution in [0.5, 0.6) is 0 Å². The Morgan fingerprint density at radius 1 is 1.50 bits per heavy atom. The highest BCUT2D eigenvalue weighted by molar-refractivity contribution is 5.89. The molecule has 1 heterocycles. The van der Waals surface area contributed by atoms with Crippen LogP contribution in [0.4, 0.5) is 4.39 Å². The summed E-state index contributed by atoms with van der Waals surface area (Å²) in [7, 11) is 1.29. The first-order valence-electron chi connectivity index (χ1n) is 5.33. The van der Waals surface area contributed by atoms with Gasteiger partial charge in [0.25, 0.3) is 0 Å². The molecule has 3 nitrogen and oxygen atoms in total. The van der Waals surface area contributed by atoms with Gasteiger partial charge in [-0.1, -0.05) is 0 Å². The molecule has 0 saturated carbocycles. The summed E-state index contributed by atoms with van der Waals surface area (Å²) in [5.74, 6) is -0.898. The molecule has 0 spiro atoms. The molecule has 86 valence electrons. The van der Waals surface area contributed by atoms with Crippen molar-refractivity contribution in [2.45, 2.75) is 18.9 Å². The van der Waals surface area contributed by atoms with Gasteiger partial charge in [-0.25, -0.2) is 9.18 Å². The topological polar surface area (TPSA) is 38.3 Å². The number of methoxy groups -OCH3 is 1. The van der Waals surface area contributed by atoms with E-state index in [0.717, 1.165) is 24.9 Å². The van der Waals surface area contributed by atoms with Crippen LogP contribution in [0.2, 0.25) is 0 Å². The van der Waals surface area contributed by atoms with Gasteiger partial charge in [-0.3, -0.25) is 0 Å². The maximum Gasteiger partial charge on any atom is 0.337 e. The molecule has 0 amide bonds. The lowest BCUT2D eigenvalue weighted by molar-refractivity contribution is 0.0600. The fourth-order valence-corrected chi connectivity index (χ4v) is 2.02. The molecule has 0 bridgehead atoms. The SMILES string of the molecule is COC(=O)c1cc(F)cc(C2CCCN2)c1. The third-order valence-corrected chi connectivity index (χ3v) is 2.80. The Hall–Kier alpha value is -1.42. The monoisotopic (exact) mass is 223 g/mol. The summed E-state index contributed by atoms with van der Waals surface area (Å²) < 4.78 is 17.9. The van der Waals surface area contributed by atoms with E-state index in [1.54, 1.807) is 6.07 Å². The zero-order chi connectivity index (χ0) is 11.5. The van der Waals surface area contributed by atoms with Gasteiger partial charge in [0.15, 0.2) is 0 Å². The van der Waals surface area contributed by atoms with Gasteiger partial charge in [0.2, 0.25) is 0 Å². The Morgan fingerprint density at radius 2 is 2.31 bits per heavy atom.